The highest BCUT2D eigenvalue weighted by Gasteiger charge is 2.31. The molecule has 2 nitrogen and oxygen atoms in total. The molecule has 0 radical (unpaired) electrons. The second-order valence-electron chi connectivity index (χ2n) is 12.9. The summed E-state index contributed by atoms with van der Waals surface area (Å²) in [6.07, 6.45) is 1.81. The molecule has 7 aromatic carbocycles. The molecule has 0 unspecified atom stereocenters. The molecule has 0 atom stereocenters. The summed E-state index contributed by atoms with van der Waals surface area (Å²) in [7, 11) is 0. The van der Waals surface area contributed by atoms with Gasteiger partial charge in [-0.3, -0.25) is 4.98 Å². The minimum absolute atomic E-state index is 0.868. The maximum Gasteiger partial charge on any atom is 0.0893 e. The quantitative estimate of drug-likeness (QED) is 0.188. The standard InChI is InChI=1S/C48H30N2/c1-3-14-31(15-4-1)44-37-20-7-8-21-38(37)45(32-16-5-2-6-17-32)48-40-28-27-35(36-22-12-23-39(46(36)40)47(44)48)33-18-11-19-34(30-33)41-25-13-26-43(50-41)42-24-9-10-29-49-42/h1-30H. The van der Waals surface area contributed by atoms with Gasteiger partial charge in [-0.2, -0.15) is 0 Å². The van der Waals surface area contributed by atoms with Crippen molar-refractivity contribution in [2.24, 2.45) is 0 Å². The fourth-order valence-electron chi connectivity index (χ4n) is 7.96. The van der Waals surface area contributed by atoms with Gasteiger partial charge in [-0.15, -0.1) is 0 Å². The predicted molar refractivity (Wildman–Crippen MR) is 209 cm³/mol. The Hall–Kier alpha value is -6.64. The zero-order valence-corrected chi connectivity index (χ0v) is 27.2. The van der Waals surface area contributed by atoms with Crippen LogP contribution in [0.3, 0.4) is 0 Å². The number of hydrogen-bond donors (Lipinski definition) is 0. The van der Waals surface area contributed by atoms with Crippen molar-refractivity contribution in [2.45, 2.75) is 0 Å². The van der Waals surface area contributed by atoms with Crippen molar-refractivity contribution in [1.29, 1.82) is 0 Å². The van der Waals surface area contributed by atoms with E-state index in [4.69, 9.17) is 4.98 Å². The summed E-state index contributed by atoms with van der Waals surface area (Å²) in [4.78, 5) is 9.55. The van der Waals surface area contributed by atoms with E-state index in [2.05, 4.69) is 157 Å². The minimum Gasteiger partial charge on any atom is -0.255 e. The number of fused-ring (bicyclic) bond motifs is 4. The van der Waals surface area contributed by atoms with Crippen molar-refractivity contribution in [3.63, 3.8) is 0 Å². The fraction of sp³-hybridized carbons (Fsp3) is 0. The van der Waals surface area contributed by atoms with E-state index in [9.17, 15) is 0 Å². The Morgan fingerprint density at radius 2 is 0.820 bits per heavy atom. The van der Waals surface area contributed by atoms with E-state index in [-0.39, 0.29) is 0 Å². The molecular formula is C48H30N2. The van der Waals surface area contributed by atoms with Crippen LogP contribution in [0.4, 0.5) is 0 Å². The molecule has 50 heavy (non-hydrogen) atoms. The van der Waals surface area contributed by atoms with E-state index in [1.165, 1.54) is 77.2 Å². The van der Waals surface area contributed by atoms with Crippen LogP contribution in [0.2, 0.25) is 0 Å². The van der Waals surface area contributed by atoms with Gasteiger partial charge in [0.1, 0.15) is 0 Å². The molecule has 0 bridgehead atoms. The van der Waals surface area contributed by atoms with Gasteiger partial charge in [0, 0.05) is 11.8 Å². The first-order valence-electron chi connectivity index (χ1n) is 17.1. The van der Waals surface area contributed by atoms with Crippen molar-refractivity contribution < 1.29 is 0 Å². The highest BCUT2D eigenvalue weighted by Crippen LogP contribution is 2.58. The van der Waals surface area contributed by atoms with E-state index in [1.54, 1.807) is 0 Å². The SMILES string of the molecule is c1ccc(-c2c3c(c(-c4ccccc4)c4ccccc24)-c2ccc(-c4cccc(-c5cccc(-c6ccccn6)n5)c4)c4cccc-3c24)cc1. The van der Waals surface area contributed by atoms with Gasteiger partial charge in [-0.05, 0) is 108 Å². The Labute approximate surface area is 291 Å². The highest BCUT2D eigenvalue weighted by atomic mass is 14.8. The molecule has 2 heterocycles. The smallest absolute Gasteiger partial charge is 0.0893 e. The molecule has 232 valence electrons. The molecule has 2 heteroatoms. The van der Waals surface area contributed by atoms with Gasteiger partial charge in [0.05, 0.1) is 17.1 Å². The zero-order valence-electron chi connectivity index (χ0n) is 27.2. The van der Waals surface area contributed by atoms with E-state index >= 15 is 0 Å². The van der Waals surface area contributed by atoms with E-state index in [0.717, 1.165) is 22.6 Å². The van der Waals surface area contributed by atoms with Crippen molar-refractivity contribution >= 4 is 21.5 Å². The molecule has 0 amide bonds. The lowest BCUT2D eigenvalue weighted by Crippen LogP contribution is -1.93. The van der Waals surface area contributed by atoms with Crippen LogP contribution in [0.1, 0.15) is 0 Å². The summed E-state index contributed by atoms with van der Waals surface area (Å²) in [5, 5.41) is 5.11. The lowest BCUT2D eigenvalue weighted by molar-refractivity contribution is 1.25. The van der Waals surface area contributed by atoms with Gasteiger partial charge in [0.2, 0.25) is 0 Å². The molecule has 9 aromatic rings. The Morgan fingerprint density at radius 1 is 0.300 bits per heavy atom. The fourth-order valence-corrected chi connectivity index (χ4v) is 7.96. The number of pyridine rings is 2. The summed E-state index contributed by atoms with van der Waals surface area (Å²) in [5.74, 6) is 0. The topological polar surface area (TPSA) is 25.8 Å². The van der Waals surface area contributed by atoms with Gasteiger partial charge < -0.3 is 0 Å². The third-order valence-corrected chi connectivity index (χ3v) is 10.1. The third-order valence-electron chi connectivity index (χ3n) is 10.1. The lowest BCUT2D eigenvalue weighted by Gasteiger charge is -2.20. The lowest BCUT2D eigenvalue weighted by atomic mass is 9.82. The third kappa shape index (κ3) is 4.43. The van der Waals surface area contributed by atoms with Gasteiger partial charge >= 0.3 is 0 Å². The van der Waals surface area contributed by atoms with Crippen LogP contribution >= 0.6 is 0 Å². The van der Waals surface area contributed by atoms with Crippen molar-refractivity contribution in [3.05, 3.63) is 182 Å². The normalized spacial score (nSPS) is 11.6. The highest BCUT2D eigenvalue weighted by molar-refractivity contribution is 6.28. The number of benzene rings is 7. The molecule has 0 N–H and O–H groups in total. The molecule has 2 aromatic heterocycles. The van der Waals surface area contributed by atoms with Crippen molar-refractivity contribution in [1.82, 2.24) is 9.97 Å². The summed E-state index contributed by atoms with van der Waals surface area (Å²) in [5.41, 5.74) is 16.4. The Kier molecular flexibility index (Phi) is 6.53. The summed E-state index contributed by atoms with van der Waals surface area (Å²) in [6.45, 7) is 0. The second kappa shape index (κ2) is 11.5. The van der Waals surface area contributed by atoms with E-state index < -0.39 is 0 Å². The maximum absolute atomic E-state index is 5.02. The van der Waals surface area contributed by atoms with Crippen LogP contribution in [0.25, 0.3) is 99.8 Å². The number of rotatable bonds is 5. The molecule has 10 rings (SSSR count). The summed E-state index contributed by atoms with van der Waals surface area (Å²) >= 11 is 0. The van der Waals surface area contributed by atoms with E-state index in [0.29, 0.717) is 0 Å². The first-order chi connectivity index (χ1) is 24.8. The largest absolute Gasteiger partial charge is 0.255 e. The first-order valence-corrected chi connectivity index (χ1v) is 17.1. The predicted octanol–water partition coefficient (Wildman–Crippen LogP) is 12.8. The molecule has 0 spiro atoms. The van der Waals surface area contributed by atoms with Crippen LogP contribution in [-0.2, 0) is 0 Å². The summed E-state index contributed by atoms with van der Waals surface area (Å²) < 4.78 is 0. The van der Waals surface area contributed by atoms with Gasteiger partial charge in [-0.25, -0.2) is 4.98 Å². The van der Waals surface area contributed by atoms with Crippen molar-refractivity contribution in [2.75, 3.05) is 0 Å². The zero-order chi connectivity index (χ0) is 33.0. The van der Waals surface area contributed by atoms with Crippen LogP contribution in [0.15, 0.2) is 182 Å². The number of hydrogen-bond acceptors (Lipinski definition) is 2. The van der Waals surface area contributed by atoms with Gasteiger partial charge in [0.25, 0.3) is 0 Å². The second-order valence-corrected chi connectivity index (χ2v) is 12.9. The molecule has 0 saturated carbocycles. The van der Waals surface area contributed by atoms with Crippen LogP contribution in [0, 0.1) is 0 Å². The van der Waals surface area contributed by atoms with E-state index in [1.807, 2.05) is 30.5 Å². The molecule has 1 aliphatic rings. The van der Waals surface area contributed by atoms with Crippen molar-refractivity contribution in [3.8, 4) is 78.3 Å². The Bertz CT molecular complexity index is 2640. The monoisotopic (exact) mass is 634 g/mol. The van der Waals surface area contributed by atoms with Gasteiger partial charge in [-0.1, -0.05) is 146 Å². The Balaban J connectivity index is 1.22. The molecule has 0 saturated heterocycles. The Morgan fingerprint density at radius 3 is 1.52 bits per heavy atom. The van der Waals surface area contributed by atoms with Crippen LogP contribution in [-0.4, -0.2) is 9.97 Å². The maximum atomic E-state index is 5.02. The molecule has 1 aliphatic carbocycles. The number of nitrogens with zero attached hydrogens (tertiary/aromatic N) is 2. The average Bonchev–Trinajstić information content (AvgIpc) is 3.53. The first kappa shape index (κ1) is 28.4. The summed E-state index contributed by atoms with van der Waals surface area (Å²) in [6, 6.07) is 63.1. The molecule has 0 aliphatic heterocycles. The average molecular weight is 635 g/mol. The van der Waals surface area contributed by atoms with Crippen LogP contribution in [0.5, 0.6) is 0 Å². The minimum atomic E-state index is 0.868. The molecular weight excluding hydrogens is 605 g/mol. The molecule has 0 fully saturated rings. The number of aromatic nitrogens is 2. The van der Waals surface area contributed by atoms with Gasteiger partial charge in [0.15, 0.2) is 0 Å². The van der Waals surface area contributed by atoms with Crippen LogP contribution < -0.4 is 0 Å².